The molecular formula is C15H14ClF2N5O2S2. The van der Waals surface area contributed by atoms with E-state index in [1.165, 1.54) is 27.4 Å². The Bertz CT molecular complexity index is 1080. The van der Waals surface area contributed by atoms with E-state index in [2.05, 4.69) is 15.1 Å². The molecule has 4 rings (SSSR count). The SMILES string of the molecule is O=S(=O)(c1cnc(Cl)s1)N1CCC(c2cn3ncnc3cc2C(F)F)CC1. The first-order valence-electron chi connectivity index (χ1n) is 8.09. The van der Waals surface area contributed by atoms with E-state index in [4.69, 9.17) is 11.6 Å². The average molecular weight is 434 g/mol. The second-order valence-electron chi connectivity index (χ2n) is 6.16. The first-order valence-corrected chi connectivity index (χ1v) is 10.7. The van der Waals surface area contributed by atoms with Gasteiger partial charge in [0.05, 0.1) is 6.20 Å². The summed E-state index contributed by atoms with van der Waals surface area (Å²) in [6.45, 7) is 0.473. The molecule has 0 saturated carbocycles. The highest BCUT2D eigenvalue weighted by atomic mass is 35.5. The molecule has 144 valence electrons. The molecule has 1 saturated heterocycles. The second kappa shape index (κ2) is 7.04. The molecule has 12 heteroatoms. The first kappa shape index (κ1) is 18.7. The smallest absolute Gasteiger partial charge is 0.232 e. The number of alkyl halides is 2. The number of aromatic nitrogens is 4. The maximum absolute atomic E-state index is 13.5. The molecule has 0 radical (unpaired) electrons. The molecule has 1 aliphatic heterocycles. The van der Waals surface area contributed by atoms with Gasteiger partial charge in [0, 0.05) is 24.8 Å². The zero-order valence-electron chi connectivity index (χ0n) is 13.8. The van der Waals surface area contributed by atoms with Crippen molar-refractivity contribution in [2.75, 3.05) is 13.1 Å². The van der Waals surface area contributed by atoms with E-state index in [0.717, 1.165) is 11.3 Å². The van der Waals surface area contributed by atoms with Crippen molar-refractivity contribution >= 4 is 38.6 Å². The topological polar surface area (TPSA) is 80.5 Å². The number of fused-ring (bicyclic) bond motifs is 1. The van der Waals surface area contributed by atoms with Crippen LogP contribution in [-0.4, -0.2) is 45.4 Å². The Balaban J connectivity index is 1.57. The van der Waals surface area contributed by atoms with Crippen molar-refractivity contribution in [2.24, 2.45) is 0 Å². The van der Waals surface area contributed by atoms with E-state index in [1.54, 1.807) is 6.20 Å². The van der Waals surface area contributed by atoms with Crippen LogP contribution in [0.4, 0.5) is 8.78 Å². The monoisotopic (exact) mass is 433 g/mol. The summed E-state index contributed by atoms with van der Waals surface area (Å²) in [5, 5.41) is 4.01. The Morgan fingerprint density at radius 3 is 2.63 bits per heavy atom. The molecule has 0 unspecified atom stereocenters. The van der Waals surface area contributed by atoms with Gasteiger partial charge < -0.3 is 0 Å². The maximum atomic E-state index is 13.5. The predicted molar refractivity (Wildman–Crippen MR) is 95.8 cm³/mol. The third-order valence-electron chi connectivity index (χ3n) is 4.66. The molecule has 3 aromatic heterocycles. The molecule has 27 heavy (non-hydrogen) atoms. The van der Waals surface area contributed by atoms with Crippen LogP contribution < -0.4 is 0 Å². The fourth-order valence-corrected chi connectivity index (χ4v) is 6.23. The number of nitrogens with zero attached hydrogens (tertiary/aromatic N) is 5. The van der Waals surface area contributed by atoms with E-state index in [9.17, 15) is 17.2 Å². The van der Waals surface area contributed by atoms with E-state index in [-0.39, 0.29) is 33.2 Å². The Kier molecular flexibility index (Phi) is 4.87. The van der Waals surface area contributed by atoms with Gasteiger partial charge in [0.2, 0.25) is 0 Å². The minimum atomic E-state index is -3.67. The highest BCUT2D eigenvalue weighted by Crippen LogP contribution is 2.37. The Morgan fingerprint density at radius 2 is 2.00 bits per heavy atom. The number of pyridine rings is 1. The molecule has 0 aliphatic carbocycles. The summed E-state index contributed by atoms with van der Waals surface area (Å²) in [6, 6.07) is 1.34. The average Bonchev–Trinajstić information content (AvgIpc) is 3.29. The van der Waals surface area contributed by atoms with Crippen LogP contribution in [0.2, 0.25) is 4.47 Å². The zero-order chi connectivity index (χ0) is 19.2. The number of hydrogen-bond donors (Lipinski definition) is 0. The van der Waals surface area contributed by atoms with Crippen LogP contribution in [0.3, 0.4) is 0 Å². The lowest BCUT2D eigenvalue weighted by Gasteiger charge is -2.31. The van der Waals surface area contributed by atoms with Gasteiger partial charge in [-0.25, -0.2) is 31.7 Å². The second-order valence-corrected chi connectivity index (χ2v) is 9.94. The van der Waals surface area contributed by atoms with Gasteiger partial charge in [-0.3, -0.25) is 0 Å². The largest absolute Gasteiger partial charge is 0.264 e. The molecule has 1 aliphatic rings. The lowest BCUT2D eigenvalue weighted by molar-refractivity contribution is 0.149. The lowest BCUT2D eigenvalue weighted by atomic mass is 9.88. The van der Waals surface area contributed by atoms with Crippen molar-refractivity contribution in [1.29, 1.82) is 0 Å². The van der Waals surface area contributed by atoms with E-state index < -0.39 is 16.4 Å². The number of sulfonamides is 1. The standard InChI is InChI=1S/C15H14ClF2N5O2S2/c16-15-19-6-13(26-15)27(24,25)22-3-1-9(2-4-22)11-7-23-12(20-8-21-23)5-10(11)14(17)18/h5-9,14H,1-4H2. The molecule has 0 aromatic carbocycles. The molecule has 0 amide bonds. The third kappa shape index (κ3) is 3.44. The summed E-state index contributed by atoms with van der Waals surface area (Å²) in [4.78, 5) is 7.72. The summed E-state index contributed by atoms with van der Waals surface area (Å²) in [6.07, 6.45) is 2.35. The van der Waals surface area contributed by atoms with Gasteiger partial charge in [0.15, 0.2) is 14.3 Å². The Labute approximate surface area is 162 Å². The molecule has 1 fully saturated rings. The number of thiazole rings is 1. The Hall–Kier alpha value is -1.69. The van der Waals surface area contributed by atoms with Gasteiger partial charge in [0.25, 0.3) is 16.4 Å². The molecule has 0 spiro atoms. The van der Waals surface area contributed by atoms with Crippen molar-refractivity contribution in [1.82, 2.24) is 23.9 Å². The van der Waals surface area contributed by atoms with Crippen LogP contribution >= 0.6 is 22.9 Å². The summed E-state index contributed by atoms with van der Waals surface area (Å²) in [5.74, 6) is -0.181. The van der Waals surface area contributed by atoms with E-state index in [0.29, 0.717) is 24.1 Å². The van der Waals surface area contributed by atoms with Crippen LogP contribution in [0.15, 0.2) is 29.0 Å². The van der Waals surface area contributed by atoms with Crippen molar-refractivity contribution in [3.05, 3.63) is 40.4 Å². The summed E-state index contributed by atoms with van der Waals surface area (Å²) in [7, 11) is -3.67. The maximum Gasteiger partial charge on any atom is 0.264 e. The fraction of sp³-hybridized carbons (Fsp3) is 0.400. The summed E-state index contributed by atoms with van der Waals surface area (Å²) in [5.41, 5.74) is 0.767. The molecule has 4 heterocycles. The molecular weight excluding hydrogens is 420 g/mol. The number of rotatable bonds is 4. The van der Waals surface area contributed by atoms with Crippen molar-refractivity contribution in [2.45, 2.75) is 29.4 Å². The van der Waals surface area contributed by atoms with Gasteiger partial charge in [-0.15, -0.1) is 0 Å². The van der Waals surface area contributed by atoms with Crippen molar-refractivity contribution < 1.29 is 17.2 Å². The normalized spacial score (nSPS) is 17.2. The Morgan fingerprint density at radius 1 is 1.26 bits per heavy atom. The molecule has 3 aromatic rings. The molecule has 0 N–H and O–H groups in total. The quantitative estimate of drug-likeness (QED) is 0.630. The van der Waals surface area contributed by atoms with Crippen LogP contribution in [0.5, 0.6) is 0 Å². The highest BCUT2D eigenvalue weighted by Gasteiger charge is 2.33. The van der Waals surface area contributed by atoms with Gasteiger partial charge in [0.1, 0.15) is 6.33 Å². The number of halogens is 3. The van der Waals surface area contributed by atoms with E-state index in [1.807, 2.05) is 0 Å². The molecule has 0 bridgehead atoms. The van der Waals surface area contributed by atoms with Crippen LogP contribution in [0.1, 0.15) is 36.3 Å². The van der Waals surface area contributed by atoms with Gasteiger partial charge in [-0.1, -0.05) is 22.9 Å². The van der Waals surface area contributed by atoms with Gasteiger partial charge in [-0.2, -0.15) is 9.40 Å². The third-order valence-corrected chi connectivity index (χ3v) is 8.11. The number of hydrogen-bond acceptors (Lipinski definition) is 6. The molecule has 0 atom stereocenters. The highest BCUT2D eigenvalue weighted by molar-refractivity contribution is 7.91. The zero-order valence-corrected chi connectivity index (χ0v) is 16.2. The van der Waals surface area contributed by atoms with Crippen molar-refractivity contribution in [3.63, 3.8) is 0 Å². The van der Waals surface area contributed by atoms with Crippen LogP contribution in [-0.2, 0) is 10.0 Å². The minimum absolute atomic E-state index is 0.0777. The van der Waals surface area contributed by atoms with E-state index >= 15 is 0 Å². The minimum Gasteiger partial charge on any atom is -0.232 e. The van der Waals surface area contributed by atoms with Gasteiger partial charge >= 0.3 is 0 Å². The summed E-state index contributed by atoms with van der Waals surface area (Å²) < 4.78 is 55.4. The lowest BCUT2D eigenvalue weighted by Crippen LogP contribution is -2.37. The molecule has 7 nitrogen and oxygen atoms in total. The first-order chi connectivity index (χ1) is 12.9. The predicted octanol–water partition coefficient (Wildman–Crippen LogP) is 3.35. The fourth-order valence-electron chi connectivity index (χ4n) is 3.31. The van der Waals surface area contributed by atoms with Crippen LogP contribution in [0, 0.1) is 0 Å². The van der Waals surface area contributed by atoms with Crippen molar-refractivity contribution in [3.8, 4) is 0 Å². The number of piperidine rings is 1. The summed E-state index contributed by atoms with van der Waals surface area (Å²) >= 11 is 6.64. The van der Waals surface area contributed by atoms with Crippen LogP contribution in [0.25, 0.3) is 5.65 Å². The van der Waals surface area contributed by atoms with Gasteiger partial charge in [-0.05, 0) is 30.4 Å².